The summed E-state index contributed by atoms with van der Waals surface area (Å²) in [5.74, 6) is -1.44. The summed E-state index contributed by atoms with van der Waals surface area (Å²) in [4.78, 5) is 27.4. The number of rotatable bonds is 3. The maximum atomic E-state index is 14.3. The SMILES string of the molecule is CC1=C[C@]23C(=O)[C@@H](C=C(CO)[C@@H](O)[C@]2(O)[C@H]1OC(=O)c1ccccc1N)[C@H]1[C@@H](C[C@H]3C)C1(C)C. The van der Waals surface area contributed by atoms with E-state index in [0.717, 1.165) is 0 Å². The molecule has 7 nitrogen and oxygen atoms in total. The van der Waals surface area contributed by atoms with Gasteiger partial charge in [-0.15, -0.1) is 0 Å². The number of benzene rings is 1. The largest absolute Gasteiger partial charge is 0.451 e. The first-order chi connectivity index (χ1) is 15.9. The van der Waals surface area contributed by atoms with Crippen molar-refractivity contribution in [1.29, 1.82) is 0 Å². The molecule has 7 heteroatoms. The molecular weight excluding hydrogens is 434 g/mol. The van der Waals surface area contributed by atoms with Crippen molar-refractivity contribution < 1.29 is 29.6 Å². The van der Waals surface area contributed by atoms with Crippen molar-refractivity contribution in [2.24, 2.45) is 34.5 Å². The first kappa shape index (κ1) is 23.3. The molecule has 5 rings (SSSR count). The zero-order chi connectivity index (χ0) is 24.8. The van der Waals surface area contributed by atoms with Crippen LogP contribution in [0.4, 0.5) is 5.69 Å². The van der Waals surface area contributed by atoms with Gasteiger partial charge in [0, 0.05) is 11.6 Å². The van der Waals surface area contributed by atoms with Crippen LogP contribution in [-0.2, 0) is 9.53 Å². The molecule has 2 saturated carbocycles. The summed E-state index contributed by atoms with van der Waals surface area (Å²) >= 11 is 0. The molecule has 2 bridgehead atoms. The Morgan fingerprint density at radius 1 is 1.26 bits per heavy atom. The van der Waals surface area contributed by atoms with Gasteiger partial charge < -0.3 is 25.8 Å². The van der Waals surface area contributed by atoms with Crippen molar-refractivity contribution in [3.8, 4) is 0 Å². The molecule has 2 fully saturated rings. The predicted octanol–water partition coefficient (Wildman–Crippen LogP) is 2.26. The number of ether oxygens (including phenoxy) is 1. The van der Waals surface area contributed by atoms with Crippen LogP contribution in [-0.4, -0.2) is 51.5 Å². The van der Waals surface area contributed by atoms with E-state index in [0.29, 0.717) is 12.0 Å². The molecular formula is C27H33NO6. The van der Waals surface area contributed by atoms with Gasteiger partial charge in [0.1, 0.15) is 6.10 Å². The number of para-hydroxylation sites is 1. The number of hydrogen-bond acceptors (Lipinski definition) is 7. The van der Waals surface area contributed by atoms with Crippen LogP contribution in [0.15, 0.2) is 47.6 Å². The Hall–Kier alpha value is -2.48. The lowest BCUT2D eigenvalue weighted by molar-refractivity contribution is -0.190. The Morgan fingerprint density at radius 3 is 2.59 bits per heavy atom. The normalized spacial score (nSPS) is 41.9. The number of carbonyl (C=O) groups is 2. The number of carbonyl (C=O) groups excluding carboxylic acids is 2. The van der Waals surface area contributed by atoms with Crippen LogP contribution in [0.5, 0.6) is 0 Å². The molecule has 5 N–H and O–H groups in total. The van der Waals surface area contributed by atoms with Crippen molar-refractivity contribution in [3.05, 3.63) is 53.1 Å². The highest BCUT2D eigenvalue weighted by Gasteiger charge is 2.76. The number of Topliss-reactive ketones (excluding diaryl/α,β-unsaturated/α-hetero) is 1. The number of nitrogens with two attached hydrogens (primary N) is 1. The number of aliphatic hydroxyl groups excluding tert-OH is 2. The number of hydrogen-bond donors (Lipinski definition) is 4. The van der Waals surface area contributed by atoms with Gasteiger partial charge in [-0.05, 0) is 59.8 Å². The Morgan fingerprint density at radius 2 is 1.94 bits per heavy atom. The quantitative estimate of drug-likeness (QED) is 0.305. The summed E-state index contributed by atoms with van der Waals surface area (Å²) in [6, 6.07) is 6.45. The molecule has 0 unspecified atom stereocenters. The molecule has 0 heterocycles. The lowest BCUT2D eigenvalue weighted by Gasteiger charge is -2.48. The molecule has 1 spiro atoms. The summed E-state index contributed by atoms with van der Waals surface area (Å²) in [5.41, 5.74) is 3.35. The van der Waals surface area contributed by atoms with E-state index in [4.69, 9.17) is 10.5 Å². The second-order valence-electron chi connectivity index (χ2n) is 11.2. The van der Waals surface area contributed by atoms with Crippen molar-refractivity contribution in [1.82, 2.24) is 0 Å². The number of fused-ring (bicyclic) bond motifs is 3. The molecule has 8 atom stereocenters. The molecule has 4 aliphatic rings. The second-order valence-corrected chi connectivity index (χ2v) is 11.2. The summed E-state index contributed by atoms with van der Waals surface area (Å²) < 4.78 is 5.83. The van der Waals surface area contributed by atoms with Crippen molar-refractivity contribution in [2.45, 2.75) is 51.9 Å². The van der Waals surface area contributed by atoms with E-state index >= 15 is 0 Å². The molecule has 34 heavy (non-hydrogen) atoms. The van der Waals surface area contributed by atoms with Crippen molar-refractivity contribution in [2.75, 3.05) is 12.3 Å². The summed E-state index contributed by atoms with van der Waals surface area (Å²) in [6.07, 6.45) is 1.21. The minimum absolute atomic E-state index is 0.0469. The molecule has 0 aliphatic heterocycles. The van der Waals surface area contributed by atoms with Crippen LogP contribution >= 0.6 is 0 Å². The molecule has 182 valence electrons. The van der Waals surface area contributed by atoms with Gasteiger partial charge in [0.2, 0.25) is 0 Å². The molecule has 0 saturated heterocycles. The van der Waals surface area contributed by atoms with Crippen LogP contribution in [0.2, 0.25) is 0 Å². The number of esters is 1. The van der Waals surface area contributed by atoms with Crippen LogP contribution in [0.25, 0.3) is 0 Å². The van der Waals surface area contributed by atoms with Crippen LogP contribution < -0.4 is 5.73 Å². The maximum Gasteiger partial charge on any atom is 0.340 e. The van der Waals surface area contributed by atoms with Gasteiger partial charge in [-0.2, -0.15) is 0 Å². The molecule has 0 radical (unpaired) electrons. The molecule has 4 aliphatic carbocycles. The average molecular weight is 468 g/mol. The standard InChI is InChI=1S/C27H33NO6/c1-13-11-26-14(2)9-18-20(25(18,3)4)17(22(26)31)10-15(12-29)21(30)27(26,33)23(13)34-24(32)16-7-5-6-8-19(16)28/h5-8,10-11,14,17-18,20-21,23,29-30,33H,9,12,28H2,1-4H3/t14-,17+,18-,20+,21-,23+,26+,27+/m1/s1. The first-order valence-electron chi connectivity index (χ1n) is 11.9. The summed E-state index contributed by atoms with van der Waals surface area (Å²) in [6.45, 7) is 7.40. The van der Waals surface area contributed by atoms with E-state index in [9.17, 15) is 24.9 Å². The third kappa shape index (κ3) is 2.69. The van der Waals surface area contributed by atoms with E-state index < -0.39 is 41.7 Å². The van der Waals surface area contributed by atoms with Crippen molar-refractivity contribution in [3.63, 3.8) is 0 Å². The van der Waals surface area contributed by atoms with Gasteiger partial charge in [0.15, 0.2) is 17.5 Å². The smallest absolute Gasteiger partial charge is 0.340 e. The fourth-order valence-corrected chi connectivity index (χ4v) is 7.45. The number of ketones is 1. The predicted molar refractivity (Wildman–Crippen MR) is 125 cm³/mol. The van der Waals surface area contributed by atoms with Crippen LogP contribution in [0.1, 0.15) is 44.5 Å². The third-order valence-electron chi connectivity index (χ3n) is 9.30. The zero-order valence-corrected chi connectivity index (χ0v) is 20.0. The fourth-order valence-electron chi connectivity index (χ4n) is 7.45. The monoisotopic (exact) mass is 467 g/mol. The molecule has 0 aromatic heterocycles. The number of anilines is 1. The van der Waals surface area contributed by atoms with E-state index in [2.05, 4.69) is 13.8 Å². The Kier molecular flexibility index (Phi) is 4.97. The van der Waals surface area contributed by atoms with Gasteiger partial charge in [-0.3, -0.25) is 4.79 Å². The number of nitrogen functional groups attached to an aromatic ring is 1. The lowest BCUT2D eigenvalue weighted by atomic mass is 9.59. The van der Waals surface area contributed by atoms with E-state index in [1.165, 1.54) is 6.07 Å². The minimum Gasteiger partial charge on any atom is -0.451 e. The first-order valence-corrected chi connectivity index (χ1v) is 11.9. The Balaban J connectivity index is 1.65. The van der Waals surface area contributed by atoms with Crippen LogP contribution in [0.3, 0.4) is 0 Å². The highest BCUT2D eigenvalue weighted by atomic mass is 16.6. The second kappa shape index (κ2) is 7.26. The third-order valence-corrected chi connectivity index (χ3v) is 9.30. The molecule has 0 amide bonds. The lowest BCUT2D eigenvalue weighted by Crippen LogP contribution is -2.65. The highest BCUT2D eigenvalue weighted by Crippen LogP contribution is 2.71. The summed E-state index contributed by atoms with van der Waals surface area (Å²) in [5, 5.41) is 34.0. The van der Waals surface area contributed by atoms with Gasteiger partial charge in [0.25, 0.3) is 0 Å². The highest BCUT2D eigenvalue weighted by molar-refractivity contribution is 5.97. The van der Waals surface area contributed by atoms with Gasteiger partial charge >= 0.3 is 5.97 Å². The fraction of sp³-hybridized carbons (Fsp3) is 0.556. The minimum atomic E-state index is -2.16. The zero-order valence-electron chi connectivity index (χ0n) is 20.0. The van der Waals surface area contributed by atoms with E-state index in [1.54, 1.807) is 37.3 Å². The maximum absolute atomic E-state index is 14.3. The van der Waals surface area contributed by atoms with Crippen LogP contribution in [0, 0.1) is 34.5 Å². The van der Waals surface area contributed by atoms with Gasteiger partial charge in [0.05, 0.1) is 17.6 Å². The Labute approximate surface area is 199 Å². The molecule has 1 aromatic rings. The molecule has 1 aromatic carbocycles. The number of aliphatic hydroxyl groups is 3. The Bertz CT molecular complexity index is 1140. The van der Waals surface area contributed by atoms with E-state index in [1.807, 2.05) is 6.92 Å². The average Bonchev–Trinajstić information content (AvgIpc) is 3.28. The van der Waals surface area contributed by atoms with Gasteiger partial charge in [-0.25, -0.2) is 4.79 Å². The van der Waals surface area contributed by atoms with Gasteiger partial charge in [-0.1, -0.05) is 45.1 Å². The van der Waals surface area contributed by atoms with Crippen molar-refractivity contribution >= 4 is 17.4 Å². The van der Waals surface area contributed by atoms with E-state index in [-0.39, 0.29) is 45.8 Å². The number of allylic oxidation sites excluding steroid dienone is 1. The summed E-state index contributed by atoms with van der Waals surface area (Å²) in [7, 11) is 0. The topological polar surface area (TPSA) is 130 Å².